The van der Waals surface area contributed by atoms with Crippen molar-refractivity contribution in [2.45, 2.75) is 57.0 Å². The van der Waals surface area contributed by atoms with E-state index in [4.69, 9.17) is 23.7 Å². The van der Waals surface area contributed by atoms with Crippen LogP contribution in [0.4, 0.5) is 0 Å². The Labute approximate surface area is 131 Å². The van der Waals surface area contributed by atoms with Crippen LogP contribution in [0.2, 0.25) is 0 Å². The average Bonchev–Trinajstić information content (AvgIpc) is 2.46. The smallest absolute Gasteiger partial charge is 0.146 e. The molecule has 1 saturated heterocycles. The average molecular weight is 320 g/mol. The lowest BCUT2D eigenvalue weighted by molar-refractivity contribution is -0.266. The summed E-state index contributed by atoms with van der Waals surface area (Å²) in [6.45, 7) is 3.92. The van der Waals surface area contributed by atoms with Crippen LogP contribution in [0.5, 0.6) is 0 Å². The normalized spacial score (nSPS) is 32.1. The molecule has 1 aliphatic heterocycles. The zero-order valence-electron chi connectivity index (χ0n) is 13.9. The van der Waals surface area contributed by atoms with Gasteiger partial charge in [-0.1, -0.05) is 0 Å². The molecular weight excluding hydrogens is 292 g/mol. The van der Waals surface area contributed by atoms with E-state index in [-0.39, 0.29) is 32.1 Å². The number of carbonyl (C=O) groups excluding carboxylic acids is 1. The van der Waals surface area contributed by atoms with Crippen molar-refractivity contribution in [3.63, 3.8) is 0 Å². The number of methoxy groups -OCH3 is 2. The van der Waals surface area contributed by atoms with E-state index in [1.807, 2.05) is 6.92 Å². The van der Waals surface area contributed by atoms with Gasteiger partial charge in [-0.3, -0.25) is 0 Å². The molecule has 0 spiro atoms. The molecular formula is C15H28O7. The number of hydrogen-bond donors (Lipinski definition) is 1. The number of ether oxygens (including phenoxy) is 5. The van der Waals surface area contributed by atoms with Gasteiger partial charge >= 0.3 is 0 Å². The van der Waals surface area contributed by atoms with Crippen LogP contribution in [0.25, 0.3) is 0 Å². The summed E-state index contributed by atoms with van der Waals surface area (Å²) in [4.78, 5) is 11.2. The first-order valence-electron chi connectivity index (χ1n) is 7.45. The van der Waals surface area contributed by atoms with E-state index in [1.54, 1.807) is 7.11 Å². The third-order valence-corrected chi connectivity index (χ3v) is 3.74. The molecule has 0 radical (unpaired) electrons. The number of Topliss-reactive ketones (excluding diaryl/α,β-unsaturated/α-hetero) is 1. The summed E-state index contributed by atoms with van der Waals surface area (Å²) in [5.41, 5.74) is -0.738. The Hall–Kier alpha value is -0.570. The third kappa shape index (κ3) is 5.91. The highest BCUT2D eigenvalue weighted by molar-refractivity contribution is 5.75. The topological polar surface area (TPSA) is 83.5 Å². The predicted molar refractivity (Wildman–Crippen MR) is 78.4 cm³/mol. The lowest BCUT2D eigenvalue weighted by atomic mass is 9.87. The van der Waals surface area contributed by atoms with Crippen molar-refractivity contribution in [2.75, 3.05) is 34.4 Å². The summed E-state index contributed by atoms with van der Waals surface area (Å²) >= 11 is 0. The summed E-state index contributed by atoms with van der Waals surface area (Å²) in [5.74, 6) is 0.0749. The number of ketones is 1. The predicted octanol–water partition coefficient (Wildman–Crippen LogP) is 0.874. The van der Waals surface area contributed by atoms with E-state index in [9.17, 15) is 9.90 Å². The highest BCUT2D eigenvalue weighted by atomic mass is 16.7. The fraction of sp³-hybridized carbons (Fsp3) is 0.933. The van der Waals surface area contributed by atoms with Crippen LogP contribution in [0, 0.1) is 0 Å². The van der Waals surface area contributed by atoms with Gasteiger partial charge in [0.15, 0.2) is 0 Å². The minimum atomic E-state index is -0.738. The van der Waals surface area contributed by atoms with Gasteiger partial charge in [0.2, 0.25) is 0 Å². The van der Waals surface area contributed by atoms with E-state index < -0.39 is 17.8 Å². The van der Waals surface area contributed by atoms with Gasteiger partial charge in [-0.05, 0) is 20.3 Å². The van der Waals surface area contributed by atoms with Crippen LogP contribution in [0.3, 0.4) is 0 Å². The highest BCUT2D eigenvalue weighted by Gasteiger charge is 2.46. The SMILES string of the molecule is COCOC[C@@]1(C)O[C@@H](CCC(C)=O)[C@H](O)C[C@@H]1OCOC. The van der Waals surface area contributed by atoms with Crippen molar-refractivity contribution in [3.8, 4) is 0 Å². The molecule has 4 atom stereocenters. The minimum Gasteiger partial charge on any atom is -0.390 e. The van der Waals surface area contributed by atoms with Gasteiger partial charge in [-0.2, -0.15) is 0 Å². The molecule has 0 aromatic carbocycles. The van der Waals surface area contributed by atoms with Crippen molar-refractivity contribution in [3.05, 3.63) is 0 Å². The number of rotatable bonds is 10. The van der Waals surface area contributed by atoms with Crippen molar-refractivity contribution in [1.29, 1.82) is 0 Å². The first kappa shape index (κ1) is 19.5. The molecule has 1 heterocycles. The van der Waals surface area contributed by atoms with Crippen LogP contribution in [-0.4, -0.2) is 69.2 Å². The standard InChI is InChI=1S/C15H28O7/c1-11(16)5-6-13-12(17)7-14(21-10-19-4)15(2,22-13)8-20-9-18-3/h12-14,17H,5-10H2,1-4H3/t12-,13+,14+,15-/m1/s1. The van der Waals surface area contributed by atoms with Gasteiger partial charge in [0.25, 0.3) is 0 Å². The molecule has 0 aliphatic carbocycles. The Morgan fingerprint density at radius 1 is 1.32 bits per heavy atom. The van der Waals surface area contributed by atoms with E-state index >= 15 is 0 Å². The Morgan fingerprint density at radius 3 is 2.59 bits per heavy atom. The van der Waals surface area contributed by atoms with Gasteiger partial charge in [0.1, 0.15) is 25.0 Å². The molecule has 7 heteroatoms. The molecule has 0 aromatic heterocycles. The molecule has 0 saturated carbocycles. The van der Waals surface area contributed by atoms with Gasteiger partial charge < -0.3 is 33.6 Å². The molecule has 0 bridgehead atoms. The lowest BCUT2D eigenvalue weighted by Gasteiger charge is -2.46. The van der Waals surface area contributed by atoms with Crippen molar-refractivity contribution in [2.24, 2.45) is 0 Å². The first-order chi connectivity index (χ1) is 10.4. The van der Waals surface area contributed by atoms with Gasteiger partial charge in [0.05, 0.1) is 24.9 Å². The number of hydrogen-bond acceptors (Lipinski definition) is 7. The van der Waals surface area contributed by atoms with Crippen LogP contribution in [-0.2, 0) is 28.5 Å². The summed E-state index contributed by atoms with van der Waals surface area (Å²) < 4.78 is 26.9. The summed E-state index contributed by atoms with van der Waals surface area (Å²) in [7, 11) is 3.08. The van der Waals surface area contributed by atoms with Crippen LogP contribution in [0.15, 0.2) is 0 Å². The van der Waals surface area contributed by atoms with Crippen molar-refractivity contribution < 1.29 is 33.6 Å². The second-order valence-corrected chi connectivity index (χ2v) is 5.83. The highest BCUT2D eigenvalue weighted by Crippen LogP contribution is 2.33. The van der Waals surface area contributed by atoms with Crippen molar-refractivity contribution in [1.82, 2.24) is 0 Å². The van der Waals surface area contributed by atoms with E-state index in [0.29, 0.717) is 19.3 Å². The van der Waals surface area contributed by atoms with Gasteiger partial charge in [-0.25, -0.2) is 0 Å². The van der Waals surface area contributed by atoms with Gasteiger partial charge in [-0.15, -0.1) is 0 Å². The first-order valence-corrected chi connectivity index (χ1v) is 7.45. The Morgan fingerprint density at radius 2 is 2.00 bits per heavy atom. The lowest BCUT2D eigenvalue weighted by Crippen LogP contribution is -2.58. The molecule has 0 unspecified atom stereocenters. The van der Waals surface area contributed by atoms with Crippen LogP contribution < -0.4 is 0 Å². The van der Waals surface area contributed by atoms with E-state index in [0.717, 1.165) is 0 Å². The largest absolute Gasteiger partial charge is 0.390 e. The molecule has 130 valence electrons. The second-order valence-electron chi connectivity index (χ2n) is 5.83. The van der Waals surface area contributed by atoms with Crippen molar-refractivity contribution >= 4 is 5.78 Å². The van der Waals surface area contributed by atoms with E-state index in [2.05, 4.69) is 0 Å². The molecule has 1 rings (SSSR count). The van der Waals surface area contributed by atoms with Crippen LogP contribution >= 0.6 is 0 Å². The molecule has 0 amide bonds. The van der Waals surface area contributed by atoms with Crippen LogP contribution in [0.1, 0.15) is 33.1 Å². The number of aliphatic hydroxyl groups is 1. The van der Waals surface area contributed by atoms with E-state index in [1.165, 1.54) is 14.0 Å². The zero-order valence-corrected chi connectivity index (χ0v) is 13.9. The molecule has 1 N–H and O–H groups in total. The molecule has 7 nitrogen and oxygen atoms in total. The zero-order chi connectivity index (χ0) is 16.6. The maximum atomic E-state index is 11.2. The summed E-state index contributed by atoms with van der Waals surface area (Å²) in [5, 5.41) is 10.2. The molecule has 1 aliphatic rings. The second kappa shape index (κ2) is 9.54. The fourth-order valence-electron chi connectivity index (χ4n) is 2.57. The maximum Gasteiger partial charge on any atom is 0.146 e. The van der Waals surface area contributed by atoms with Gasteiger partial charge in [0, 0.05) is 27.1 Å². The molecule has 1 fully saturated rings. The Balaban J connectivity index is 2.71. The Kier molecular flexibility index (Phi) is 8.45. The minimum absolute atomic E-state index is 0.0749. The third-order valence-electron chi connectivity index (χ3n) is 3.74. The Bertz CT molecular complexity index is 336. The number of carbonyl (C=O) groups is 1. The number of aliphatic hydroxyl groups excluding tert-OH is 1. The fourth-order valence-corrected chi connectivity index (χ4v) is 2.57. The maximum absolute atomic E-state index is 11.2. The summed E-state index contributed by atoms with van der Waals surface area (Å²) in [6, 6.07) is 0. The molecule has 22 heavy (non-hydrogen) atoms. The summed E-state index contributed by atoms with van der Waals surface area (Å²) in [6.07, 6.45) is -0.209. The quantitative estimate of drug-likeness (QED) is 0.472. The molecule has 0 aromatic rings. The monoisotopic (exact) mass is 320 g/mol.